The van der Waals surface area contributed by atoms with Crippen molar-refractivity contribution in [1.29, 1.82) is 0 Å². The summed E-state index contributed by atoms with van der Waals surface area (Å²) < 4.78 is 0. The second kappa shape index (κ2) is 6.14. The summed E-state index contributed by atoms with van der Waals surface area (Å²) in [6, 6.07) is 18.0. The van der Waals surface area contributed by atoms with Gasteiger partial charge in [0.15, 0.2) is 5.17 Å². The molecule has 1 amide bonds. The van der Waals surface area contributed by atoms with E-state index in [0.29, 0.717) is 5.17 Å². The van der Waals surface area contributed by atoms with Crippen molar-refractivity contribution in [3.63, 3.8) is 0 Å². The van der Waals surface area contributed by atoms with Crippen LogP contribution in [-0.2, 0) is 11.2 Å². The Kier molecular flexibility index (Phi) is 4.06. The maximum absolute atomic E-state index is 12.0. The van der Waals surface area contributed by atoms with Crippen LogP contribution in [0.5, 0.6) is 0 Å². The summed E-state index contributed by atoms with van der Waals surface area (Å²) in [7, 11) is 0. The number of amidine groups is 1. The SMILES string of the molecule is Cc1ccc(C[C@H]2SC(=Nc3ccccc3)NC2=O)cc1. The number of para-hydroxylation sites is 1. The summed E-state index contributed by atoms with van der Waals surface area (Å²) in [6.07, 6.45) is 0.727. The van der Waals surface area contributed by atoms with E-state index >= 15 is 0 Å². The van der Waals surface area contributed by atoms with Gasteiger partial charge in [-0.1, -0.05) is 59.8 Å². The average Bonchev–Trinajstić information content (AvgIpc) is 2.82. The van der Waals surface area contributed by atoms with Crippen LogP contribution in [0.25, 0.3) is 0 Å². The van der Waals surface area contributed by atoms with Crippen LogP contribution in [0, 0.1) is 6.92 Å². The molecule has 0 spiro atoms. The average molecular weight is 296 g/mol. The number of amides is 1. The van der Waals surface area contributed by atoms with Gasteiger partial charge in [0.25, 0.3) is 0 Å². The lowest BCUT2D eigenvalue weighted by Crippen LogP contribution is -2.25. The highest BCUT2D eigenvalue weighted by atomic mass is 32.2. The van der Waals surface area contributed by atoms with E-state index in [0.717, 1.165) is 12.1 Å². The van der Waals surface area contributed by atoms with Gasteiger partial charge >= 0.3 is 0 Å². The van der Waals surface area contributed by atoms with Gasteiger partial charge < -0.3 is 5.32 Å². The number of hydrogen-bond acceptors (Lipinski definition) is 3. The summed E-state index contributed by atoms with van der Waals surface area (Å²) in [4.78, 5) is 16.5. The van der Waals surface area contributed by atoms with Crippen molar-refractivity contribution in [2.45, 2.75) is 18.6 Å². The van der Waals surface area contributed by atoms with Gasteiger partial charge in [0.05, 0.1) is 10.9 Å². The van der Waals surface area contributed by atoms with Crippen molar-refractivity contribution in [3.05, 3.63) is 65.7 Å². The minimum absolute atomic E-state index is 0.0373. The molecule has 2 aromatic rings. The van der Waals surface area contributed by atoms with Crippen LogP contribution < -0.4 is 5.32 Å². The number of aryl methyl sites for hydroxylation is 1. The molecule has 4 heteroatoms. The topological polar surface area (TPSA) is 41.5 Å². The quantitative estimate of drug-likeness (QED) is 0.942. The molecule has 0 aromatic heterocycles. The molecule has 0 unspecified atom stereocenters. The van der Waals surface area contributed by atoms with E-state index in [-0.39, 0.29) is 11.2 Å². The molecule has 0 aliphatic carbocycles. The fraction of sp³-hybridized carbons (Fsp3) is 0.176. The molecule has 1 N–H and O–H groups in total. The van der Waals surface area contributed by atoms with Gasteiger partial charge in [0.1, 0.15) is 0 Å². The maximum atomic E-state index is 12.0. The van der Waals surface area contributed by atoms with Crippen LogP contribution in [0.15, 0.2) is 59.6 Å². The van der Waals surface area contributed by atoms with Crippen LogP contribution in [0.3, 0.4) is 0 Å². The molecule has 21 heavy (non-hydrogen) atoms. The molecule has 1 aliphatic rings. The van der Waals surface area contributed by atoms with E-state index in [1.807, 2.05) is 30.3 Å². The molecular formula is C17H16N2OS. The van der Waals surface area contributed by atoms with Crippen molar-refractivity contribution in [2.75, 3.05) is 0 Å². The molecule has 0 radical (unpaired) electrons. The van der Waals surface area contributed by atoms with Crippen LogP contribution in [0.4, 0.5) is 5.69 Å². The highest BCUT2D eigenvalue weighted by Gasteiger charge is 2.30. The van der Waals surface area contributed by atoms with Crippen molar-refractivity contribution in [2.24, 2.45) is 4.99 Å². The Morgan fingerprint density at radius 1 is 1.10 bits per heavy atom. The number of benzene rings is 2. The molecule has 2 aromatic carbocycles. The van der Waals surface area contributed by atoms with Gasteiger partial charge in [0.2, 0.25) is 5.91 Å². The van der Waals surface area contributed by atoms with E-state index < -0.39 is 0 Å². The smallest absolute Gasteiger partial charge is 0.239 e. The first-order valence-corrected chi connectivity index (χ1v) is 7.75. The fourth-order valence-electron chi connectivity index (χ4n) is 2.15. The number of carbonyl (C=O) groups is 1. The van der Waals surface area contributed by atoms with E-state index in [1.165, 1.54) is 22.9 Å². The lowest BCUT2D eigenvalue weighted by molar-refractivity contribution is -0.118. The zero-order chi connectivity index (χ0) is 14.7. The normalized spacial score (nSPS) is 19.8. The maximum Gasteiger partial charge on any atom is 0.239 e. The molecule has 3 nitrogen and oxygen atoms in total. The molecule has 1 saturated heterocycles. The minimum atomic E-state index is -0.102. The lowest BCUT2D eigenvalue weighted by atomic mass is 10.1. The Bertz CT molecular complexity index is 665. The second-order valence-corrected chi connectivity index (χ2v) is 6.23. The zero-order valence-electron chi connectivity index (χ0n) is 11.7. The van der Waals surface area contributed by atoms with E-state index in [4.69, 9.17) is 0 Å². The minimum Gasteiger partial charge on any atom is -0.304 e. The molecule has 1 aliphatic heterocycles. The Morgan fingerprint density at radius 3 is 2.52 bits per heavy atom. The zero-order valence-corrected chi connectivity index (χ0v) is 12.6. The second-order valence-electron chi connectivity index (χ2n) is 5.04. The highest BCUT2D eigenvalue weighted by Crippen LogP contribution is 2.25. The molecule has 1 fully saturated rings. The number of nitrogens with one attached hydrogen (secondary N) is 1. The third-order valence-electron chi connectivity index (χ3n) is 3.30. The molecule has 1 heterocycles. The first-order chi connectivity index (χ1) is 10.2. The van der Waals surface area contributed by atoms with Crippen LogP contribution in [0.2, 0.25) is 0 Å². The van der Waals surface area contributed by atoms with Crippen molar-refractivity contribution >= 4 is 28.5 Å². The Balaban J connectivity index is 1.70. The summed E-state index contributed by atoms with van der Waals surface area (Å²) in [5.74, 6) is 0.0373. The first kappa shape index (κ1) is 13.9. The summed E-state index contributed by atoms with van der Waals surface area (Å²) >= 11 is 1.50. The number of aliphatic imine (C=N–C) groups is 1. The number of thioether (sulfide) groups is 1. The molecule has 3 rings (SSSR count). The van der Waals surface area contributed by atoms with Gasteiger partial charge in [-0.15, -0.1) is 0 Å². The van der Waals surface area contributed by atoms with Gasteiger partial charge in [0, 0.05) is 0 Å². The monoisotopic (exact) mass is 296 g/mol. The summed E-state index contributed by atoms with van der Waals surface area (Å²) in [6.45, 7) is 2.06. The highest BCUT2D eigenvalue weighted by molar-refractivity contribution is 8.15. The van der Waals surface area contributed by atoms with E-state index in [2.05, 4.69) is 41.5 Å². The largest absolute Gasteiger partial charge is 0.304 e. The van der Waals surface area contributed by atoms with Gasteiger partial charge in [-0.2, -0.15) is 0 Å². The Labute approximate surface area is 128 Å². The standard InChI is InChI=1S/C17H16N2OS/c1-12-7-9-13(10-8-12)11-15-16(20)19-17(21-15)18-14-5-3-2-4-6-14/h2-10,15H,11H2,1H3,(H,18,19,20)/t15-/m1/s1. The molecule has 1 atom stereocenters. The van der Waals surface area contributed by atoms with Gasteiger partial charge in [-0.3, -0.25) is 4.79 Å². The van der Waals surface area contributed by atoms with Crippen molar-refractivity contribution < 1.29 is 4.79 Å². The number of carbonyl (C=O) groups excluding carboxylic acids is 1. The predicted molar refractivity (Wildman–Crippen MR) is 87.9 cm³/mol. The fourth-order valence-corrected chi connectivity index (χ4v) is 3.18. The van der Waals surface area contributed by atoms with Gasteiger partial charge in [-0.05, 0) is 31.0 Å². The summed E-state index contributed by atoms with van der Waals surface area (Å²) in [5.41, 5.74) is 3.26. The first-order valence-electron chi connectivity index (χ1n) is 6.87. The number of nitrogens with zero attached hydrogens (tertiary/aromatic N) is 1. The van der Waals surface area contributed by atoms with E-state index in [9.17, 15) is 4.79 Å². The van der Waals surface area contributed by atoms with Crippen molar-refractivity contribution in [1.82, 2.24) is 5.32 Å². The number of rotatable bonds is 3. The van der Waals surface area contributed by atoms with Crippen LogP contribution in [0.1, 0.15) is 11.1 Å². The molecule has 106 valence electrons. The molecular weight excluding hydrogens is 280 g/mol. The molecule has 0 saturated carbocycles. The lowest BCUT2D eigenvalue weighted by Gasteiger charge is -2.05. The third-order valence-corrected chi connectivity index (χ3v) is 4.39. The van der Waals surface area contributed by atoms with E-state index in [1.54, 1.807) is 0 Å². The van der Waals surface area contributed by atoms with Crippen LogP contribution in [-0.4, -0.2) is 16.3 Å². The summed E-state index contributed by atoms with van der Waals surface area (Å²) in [5, 5.41) is 3.44. The Morgan fingerprint density at radius 2 is 1.81 bits per heavy atom. The predicted octanol–water partition coefficient (Wildman–Crippen LogP) is 3.46. The van der Waals surface area contributed by atoms with Crippen LogP contribution >= 0.6 is 11.8 Å². The van der Waals surface area contributed by atoms with Gasteiger partial charge in [-0.25, -0.2) is 4.99 Å². The number of hydrogen-bond donors (Lipinski definition) is 1. The molecule has 0 bridgehead atoms. The van der Waals surface area contributed by atoms with Crippen molar-refractivity contribution in [3.8, 4) is 0 Å². The third kappa shape index (κ3) is 3.52. The Hall–Kier alpha value is -2.07.